The highest BCUT2D eigenvalue weighted by Gasteiger charge is 2.49. The van der Waals surface area contributed by atoms with Crippen LogP contribution in [0, 0.1) is 23.7 Å². The fourth-order valence-electron chi connectivity index (χ4n) is 4.85. The lowest BCUT2D eigenvalue weighted by atomic mass is 9.55. The summed E-state index contributed by atoms with van der Waals surface area (Å²) in [5, 5.41) is 0. The molecule has 1 aromatic carbocycles. The molecular weight excluding hydrogens is 254 g/mol. The fourth-order valence-corrected chi connectivity index (χ4v) is 5.05. The molecule has 0 atom stereocenters. The number of hydrogen-bond donors (Lipinski definition) is 2. The Morgan fingerprint density at radius 2 is 1.63 bits per heavy atom. The maximum absolute atomic E-state index is 6.33. The van der Waals surface area contributed by atoms with E-state index < -0.39 is 0 Å². The summed E-state index contributed by atoms with van der Waals surface area (Å²) in [5.41, 5.74) is 6.78. The third-order valence-electron chi connectivity index (χ3n) is 5.45. The maximum atomic E-state index is 6.33. The van der Waals surface area contributed by atoms with Crippen LogP contribution in [0.3, 0.4) is 0 Å². The van der Waals surface area contributed by atoms with Gasteiger partial charge in [-0.15, -0.1) is 12.6 Å². The van der Waals surface area contributed by atoms with Gasteiger partial charge in [0.05, 0.1) is 5.69 Å². The Hall–Kier alpha value is -0.830. The second-order valence-corrected chi connectivity index (χ2v) is 7.18. The number of nitrogens with two attached hydrogens (primary N) is 1. The van der Waals surface area contributed by atoms with E-state index in [0.717, 1.165) is 34.3 Å². The molecule has 1 aromatic rings. The van der Waals surface area contributed by atoms with Crippen molar-refractivity contribution in [3.05, 3.63) is 18.2 Å². The SMILES string of the molecule is Nc1c(S)cccc1OC1C2CC3CC(C2)CC1C3. The summed E-state index contributed by atoms with van der Waals surface area (Å²) in [6, 6.07) is 5.88. The molecule has 4 fully saturated rings. The van der Waals surface area contributed by atoms with Gasteiger partial charge in [-0.3, -0.25) is 0 Å². The minimum absolute atomic E-state index is 0.394. The smallest absolute Gasteiger partial charge is 0.143 e. The Bertz CT molecular complexity index is 474. The van der Waals surface area contributed by atoms with Crippen LogP contribution in [0.4, 0.5) is 5.69 Å². The van der Waals surface area contributed by atoms with Crippen LogP contribution in [0.15, 0.2) is 23.1 Å². The average Bonchev–Trinajstić information content (AvgIpc) is 2.38. The predicted octanol–water partition coefficient (Wildman–Crippen LogP) is 3.76. The van der Waals surface area contributed by atoms with E-state index in [1.807, 2.05) is 18.2 Å². The number of thiol groups is 1. The summed E-state index contributed by atoms with van der Waals surface area (Å²) < 4.78 is 6.33. The Kier molecular flexibility index (Phi) is 2.73. The lowest BCUT2D eigenvalue weighted by molar-refractivity contribution is -0.0787. The van der Waals surface area contributed by atoms with Crippen LogP contribution < -0.4 is 10.5 Å². The zero-order chi connectivity index (χ0) is 13.0. The lowest BCUT2D eigenvalue weighted by Crippen LogP contribution is -2.50. The van der Waals surface area contributed by atoms with Gasteiger partial charge in [0.25, 0.3) is 0 Å². The fraction of sp³-hybridized carbons (Fsp3) is 0.625. The van der Waals surface area contributed by atoms with E-state index in [-0.39, 0.29) is 0 Å². The van der Waals surface area contributed by atoms with Crippen molar-refractivity contribution in [3.63, 3.8) is 0 Å². The quantitative estimate of drug-likeness (QED) is 0.636. The molecule has 0 radical (unpaired) electrons. The molecule has 0 unspecified atom stereocenters. The van der Waals surface area contributed by atoms with E-state index in [9.17, 15) is 0 Å². The number of anilines is 1. The van der Waals surface area contributed by atoms with Gasteiger partial charge in [-0.05, 0) is 67.9 Å². The van der Waals surface area contributed by atoms with Crippen LogP contribution in [0.5, 0.6) is 5.75 Å². The number of ether oxygens (including phenoxy) is 1. The zero-order valence-electron chi connectivity index (χ0n) is 11.1. The Balaban J connectivity index is 1.58. The zero-order valence-corrected chi connectivity index (χ0v) is 12.0. The third kappa shape index (κ3) is 1.94. The van der Waals surface area contributed by atoms with E-state index in [1.165, 1.54) is 32.1 Å². The average molecular weight is 275 g/mol. The maximum Gasteiger partial charge on any atom is 0.143 e. The van der Waals surface area contributed by atoms with Gasteiger partial charge < -0.3 is 10.5 Å². The molecule has 3 heteroatoms. The Morgan fingerprint density at radius 3 is 2.26 bits per heavy atom. The third-order valence-corrected chi connectivity index (χ3v) is 5.84. The first-order chi connectivity index (χ1) is 9.20. The molecule has 0 amide bonds. The van der Waals surface area contributed by atoms with Gasteiger partial charge in [-0.25, -0.2) is 0 Å². The van der Waals surface area contributed by atoms with Gasteiger partial charge in [-0.1, -0.05) is 6.07 Å². The molecule has 0 spiro atoms. The largest absolute Gasteiger partial charge is 0.488 e. The minimum atomic E-state index is 0.394. The van der Waals surface area contributed by atoms with Gasteiger partial charge in [0, 0.05) is 4.90 Å². The molecule has 0 saturated heterocycles. The minimum Gasteiger partial charge on any atom is -0.488 e. The summed E-state index contributed by atoms with van der Waals surface area (Å²) >= 11 is 4.38. The molecule has 2 N–H and O–H groups in total. The van der Waals surface area contributed by atoms with E-state index in [2.05, 4.69) is 12.6 Å². The molecular formula is C16H21NOS. The van der Waals surface area contributed by atoms with Crippen molar-refractivity contribution in [2.45, 2.75) is 43.1 Å². The van der Waals surface area contributed by atoms with Gasteiger partial charge >= 0.3 is 0 Å². The highest BCUT2D eigenvalue weighted by Crippen LogP contribution is 2.54. The summed E-state index contributed by atoms with van der Waals surface area (Å²) in [7, 11) is 0. The van der Waals surface area contributed by atoms with Crippen LogP contribution >= 0.6 is 12.6 Å². The number of hydrogen-bond acceptors (Lipinski definition) is 3. The first-order valence-corrected chi connectivity index (χ1v) is 7.89. The highest BCUT2D eigenvalue weighted by atomic mass is 32.1. The predicted molar refractivity (Wildman–Crippen MR) is 79.6 cm³/mol. The summed E-state index contributed by atoms with van der Waals surface area (Å²) in [4.78, 5) is 0.821. The standard InChI is InChI=1S/C16H21NOS/c17-15-13(2-1-3-14(15)19)18-16-11-5-9-4-10(7-11)8-12(16)6-9/h1-3,9-12,16,19H,4-8,17H2. The van der Waals surface area contributed by atoms with Crippen molar-refractivity contribution < 1.29 is 4.74 Å². The van der Waals surface area contributed by atoms with Crippen LogP contribution in [0.2, 0.25) is 0 Å². The lowest BCUT2D eigenvalue weighted by Gasteiger charge is -2.53. The number of rotatable bonds is 2. The van der Waals surface area contributed by atoms with Gasteiger partial charge in [0.2, 0.25) is 0 Å². The van der Waals surface area contributed by atoms with Crippen molar-refractivity contribution in [1.82, 2.24) is 0 Å². The van der Waals surface area contributed by atoms with Crippen molar-refractivity contribution in [3.8, 4) is 5.75 Å². The number of benzene rings is 1. The summed E-state index contributed by atoms with van der Waals surface area (Å²) in [6.07, 6.45) is 7.37. The van der Waals surface area contributed by atoms with Crippen LogP contribution in [-0.4, -0.2) is 6.10 Å². The molecule has 4 bridgehead atoms. The van der Waals surface area contributed by atoms with Crippen molar-refractivity contribution in [1.29, 1.82) is 0 Å². The summed E-state index contributed by atoms with van der Waals surface area (Å²) in [5.74, 6) is 4.33. The van der Waals surface area contributed by atoms with Gasteiger partial charge in [0.15, 0.2) is 0 Å². The second kappa shape index (κ2) is 4.34. The number of para-hydroxylation sites is 1. The molecule has 0 heterocycles. The van der Waals surface area contributed by atoms with Gasteiger partial charge in [0.1, 0.15) is 11.9 Å². The topological polar surface area (TPSA) is 35.2 Å². The molecule has 0 aromatic heterocycles. The van der Waals surface area contributed by atoms with Gasteiger partial charge in [-0.2, -0.15) is 0 Å². The molecule has 102 valence electrons. The van der Waals surface area contributed by atoms with E-state index >= 15 is 0 Å². The number of nitrogen functional groups attached to an aromatic ring is 1. The first kappa shape index (κ1) is 12.0. The van der Waals surface area contributed by atoms with Crippen LogP contribution in [0.25, 0.3) is 0 Å². The van der Waals surface area contributed by atoms with Crippen LogP contribution in [0.1, 0.15) is 32.1 Å². The van der Waals surface area contributed by atoms with Crippen molar-refractivity contribution in [2.24, 2.45) is 23.7 Å². The Morgan fingerprint density at radius 1 is 1.00 bits per heavy atom. The van der Waals surface area contributed by atoms with Crippen molar-refractivity contribution in [2.75, 3.05) is 5.73 Å². The molecule has 5 rings (SSSR count). The molecule has 4 aliphatic rings. The molecule has 2 nitrogen and oxygen atoms in total. The molecule has 0 aliphatic heterocycles. The van der Waals surface area contributed by atoms with E-state index in [4.69, 9.17) is 10.5 Å². The first-order valence-electron chi connectivity index (χ1n) is 7.45. The second-order valence-electron chi connectivity index (χ2n) is 6.70. The monoisotopic (exact) mass is 275 g/mol. The highest BCUT2D eigenvalue weighted by molar-refractivity contribution is 7.80. The van der Waals surface area contributed by atoms with E-state index in [1.54, 1.807) is 0 Å². The normalized spacial score (nSPS) is 39.5. The molecule has 4 saturated carbocycles. The molecule has 4 aliphatic carbocycles. The Labute approximate surface area is 120 Å². The molecule has 19 heavy (non-hydrogen) atoms. The summed E-state index contributed by atoms with van der Waals surface area (Å²) in [6.45, 7) is 0. The van der Waals surface area contributed by atoms with Crippen molar-refractivity contribution >= 4 is 18.3 Å². The van der Waals surface area contributed by atoms with Crippen LogP contribution in [-0.2, 0) is 0 Å². The van der Waals surface area contributed by atoms with E-state index in [0.29, 0.717) is 11.8 Å².